The Hall–Kier alpha value is -1.35. The predicted molar refractivity (Wildman–Crippen MR) is 93.7 cm³/mol. The van der Waals surface area contributed by atoms with Gasteiger partial charge in [-0.25, -0.2) is 0 Å². The molecule has 0 heterocycles. The molecule has 0 aliphatic carbocycles. The van der Waals surface area contributed by atoms with Gasteiger partial charge in [-0.05, 0) is 46.5 Å². The molecule has 0 amide bonds. The SMILES string of the molecule is NC(Cc1ccc2ccccc2c1)c1cc(Br)ccc1Cl. The van der Waals surface area contributed by atoms with Gasteiger partial charge in [-0.15, -0.1) is 0 Å². The number of benzene rings is 3. The summed E-state index contributed by atoms with van der Waals surface area (Å²) in [5.74, 6) is 0. The van der Waals surface area contributed by atoms with Crippen LogP contribution in [0.3, 0.4) is 0 Å². The van der Waals surface area contributed by atoms with E-state index in [1.54, 1.807) is 0 Å². The molecular formula is C18H15BrClN. The van der Waals surface area contributed by atoms with Crippen LogP contribution in [0.1, 0.15) is 17.2 Å². The molecule has 3 aromatic carbocycles. The van der Waals surface area contributed by atoms with Crippen LogP contribution in [0, 0.1) is 0 Å². The van der Waals surface area contributed by atoms with Crippen molar-refractivity contribution in [3.63, 3.8) is 0 Å². The Morgan fingerprint density at radius 2 is 1.71 bits per heavy atom. The molecule has 0 saturated heterocycles. The normalized spacial score (nSPS) is 12.5. The summed E-state index contributed by atoms with van der Waals surface area (Å²) in [5, 5.41) is 3.20. The maximum absolute atomic E-state index is 6.34. The summed E-state index contributed by atoms with van der Waals surface area (Å²) in [6, 6.07) is 20.5. The van der Waals surface area contributed by atoms with Gasteiger partial charge in [0, 0.05) is 15.5 Å². The fourth-order valence-electron chi connectivity index (χ4n) is 2.53. The highest BCUT2D eigenvalue weighted by molar-refractivity contribution is 9.10. The van der Waals surface area contributed by atoms with E-state index in [0.29, 0.717) is 5.02 Å². The van der Waals surface area contributed by atoms with E-state index >= 15 is 0 Å². The maximum Gasteiger partial charge on any atom is 0.0454 e. The van der Waals surface area contributed by atoms with Gasteiger partial charge >= 0.3 is 0 Å². The van der Waals surface area contributed by atoms with Gasteiger partial charge in [-0.3, -0.25) is 0 Å². The summed E-state index contributed by atoms with van der Waals surface area (Å²) in [7, 11) is 0. The van der Waals surface area contributed by atoms with Crippen molar-refractivity contribution in [2.24, 2.45) is 5.73 Å². The van der Waals surface area contributed by atoms with Gasteiger partial charge in [-0.1, -0.05) is 70.0 Å². The zero-order chi connectivity index (χ0) is 14.8. The van der Waals surface area contributed by atoms with Crippen LogP contribution >= 0.6 is 27.5 Å². The molecule has 21 heavy (non-hydrogen) atoms. The van der Waals surface area contributed by atoms with Gasteiger partial charge in [0.1, 0.15) is 0 Å². The molecule has 0 aliphatic heterocycles. The van der Waals surface area contributed by atoms with Crippen molar-refractivity contribution in [1.82, 2.24) is 0 Å². The monoisotopic (exact) mass is 359 g/mol. The van der Waals surface area contributed by atoms with E-state index in [4.69, 9.17) is 17.3 Å². The van der Waals surface area contributed by atoms with E-state index in [1.165, 1.54) is 16.3 Å². The lowest BCUT2D eigenvalue weighted by molar-refractivity contribution is 0.722. The standard InChI is InChI=1S/C18H15BrClN/c19-15-7-8-17(20)16(11-15)18(21)10-12-5-6-13-3-1-2-4-14(13)9-12/h1-9,11,18H,10,21H2. The fourth-order valence-corrected chi connectivity index (χ4v) is 3.16. The molecule has 0 saturated carbocycles. The van der Waals surface area contributed by atoms with E-state index < -0.39 is 0 Å². The number of rotatable bonds is 3. The van der Waals surface area contributed by atoms with Gasteiger partial charge in [0.15, 0.2) is 0 Å². The highest BCUT2D eigenvalue weighted by Crippen LogP contribution is 2.28. The van der Waals surface area contributed by atoms with Crippen LogP contribution in [0.25, 0.3) is 10.8 Å². The molecule has 0 aromatic heterocycles. The molecule has 0 fully saturated rings. The smallest absolute Gasteiger partial charge is 0.0454 e. The van der Waals surface area contributed by atoms with Gasteiger partial charge in [0.05, 0.1) is 0 Å². The summed E-state index contributed by atoms with van der Waals surface area (Å²) in [6.07, 6.45) is 0.765. The van der Waals surface area contributed by atoms with E-state index in [1.807, 2.05) is 18.2 Å². The van der Waals surface area contributed by atoms with Crippen LogP contribution in [0.5, 0.6) is 0 Å². The van der Waals surface area contributed by atoms with Gasteiger partial charge < -0.3 is 5.73 Å². The molecule has 1 unspecified atom stereocenters. The predicted octanol–water partition coefficient (Wildman–Crippen LogP) is 5.50. The second-order valence-electron chi connectivity index (χ2n) is 5.16. The second kappa shape index (κ2) is 6.18. The third kappa shape index (κ3) is 3.29. The van der Waals surface area contributed by atoms with Crippen molar-refractivity contribution in [1.29, 1.82) is 0 Å². The third-order valence-electron chi connectivity index (χ3n) is 3.63. The molecule has 0 spiro atoms. The van der Waals surface area contributed by atoms with Crippen molar-refractivity contribution < 1.29 is 0 Å². The van der Waals surface area contributed by atoms with E-state index in [-0.39, 0.29) is 6.04 Å². The first-order valence-corrected chi connectivity index (χ1v) is 7.99. The summed E-state index contributed by atoms with van der Waals surface area (Å²) < 4.78 is 0.996. The van der Waals surface area contributed by atoms with E-state index in [2.05, 4.69) is 58.4 Å². The van der Waals surface area contributed by atoms with Crippen LogP contribution in [0.2, 0.25) is 5.02 Å². The summed E-state index contributed by atoms with van der Waals surface area (Å²) >= 11 is 9.72. The zero-order valence-electron chi connectivity index (χ0n) is 11.4. The van der Waals surface area contributed by atoms with Gasteiger partial charge in [0.2, 0.25) is 0 Å². The van der Waals surface area contributed by atoms with Gasteiger partial charge in [0.25, 0.3) is 0 Å². The Labute approximate surface area is 137 Å². The molecule has 3 heteroatoms. The number of fused-ring (bicyclic) bond motifs is 1. The van der Waals surface area contributed by atoms with Crippen LogP contribution in [0.15, 0.2) is 65.1 Å². The highest BCUT2D eigenvalue weighted by atomic mass is 79.9. The van der Waals surface area contributed by atoms with Crippen molar-refractivity contribution in [2.75, 3.05) is 0 Å². The maximum atomic E-state index is 6.34. The van der Waals surface area contributed by atoms with Crippen LogP contribution in [-0.2, 0) is 6.42 Å². The summed E-state index contributed by atoms with van der Waals surface area (Å²) in [4.78, 5) is 0. The largest absolute Gasteiger partial charge is 0.324 e. The quantitative estimate of drug-likeness (QED) is 0.656. The Bertz CT molecular complexity index is 785. The summed E-state index contributed by atoms with van der Waals surface area (Å²) in [5.41, 5.74) is 8.53. The number of halogens is 2. The molecule has 2 N–H and O–H groups in total. The minimum absolute atomic E-state index is 0.115. The summed E-state index contributed by atoms with van der Waals surface area (Å²) in [6.45, 7) is 0. The molecule has 1 nitrogen and oxygen atoms in total. The molecule has 106 valence electrons. The van der Waals surface area contributed by atoms with Crippen molar-refractivity contribution in [3.8, 4) is 0 Å². The average Bonchev–Trinajstić information content (AvgIpc) is 2.49. The highest BCUT2D eigenvalue weighted by Gasteiger charge is 2.12. The molecule has 3 rings (SSSR count). The van der Waals surface area contributed by atoms with E-state index in [9.17, 15) is 0 Å². The topological polar surface area (TPSA) is 26.0 Å². The Kier molecular flexibility index (Phi) is 4.29. The Morgan fingerprint density at radius 3 is 2.52 bits per heavy atom. The Morgan fingerprint density at radius 1 is 0.952 bits per heavy atom. The number of nitrogens with two attached hydrogens (primary N) is 1. The first-order chi connectivity index (χ1) is 10.1. The average molecular weight is 361 g/mol. The molecule has 0 aliphatic rings. The fraction of sp³-hybridized carbons (Fsp3) is 0.111. The second-order valence-corrected chi connectivity index (χ2v) is 6.48. The van der Waals surface area contributed by atoms with Crippen molar-refractivity contribution in [3.05, 3.63) is 81.3 Å². The molecular weight excluding hydrogens is 346 g/mol. The van der Waals surface area contributed by atoms with Crippen LogP contribution in [-0.4, -0.2) is 0 Å². The van der Waals surface area contributed by atoms with Crippen LogP contribution < -0.4 is 5.73 Å². The Balaban J connectivity index is 1.88. The third-order valence-corrected chi connectivity index (χ3v) is 4.46. The lowest BCUT2D eigenvalue weighted by atomic mass is 9.97. The first kappa shape index (κ1) is 14.6. The lowest BCUT2D eigenvalue weighted by Gasteiger charge is -2.15. The minimum atomic E-state index is -0.115. The van der Waals surface area contributed by atoms with Gasteiger partial charge in [-0.2, -0.15) is 0 Å². The molecule has 0 bridgehead atoms. The number of hydrogen-bond acceptors (Lipinski definition) is 1. The first-order valence-electron chi connectivity index (χ1n) is 6.82. The zero-order valence-corrected chi connectivity index (χ0v) is 13.7. The van der Waals surface area contributed by atoms with E-state index in [0.717, 1.165) is 16.5 Å². The number of hydrogen-bond donors (Lipinski definition) is 1. The van der Waals surface area contributed by atoms with Crippen molar-refractivity contribution in [2.45, 2.75) is 12.5 Å². The van der Waals surface area contributed by atoms with Crippen molar-refractivity contribution >= 4 is 38.3 Å². The minimum Gasteiger partial charge on any atom is -0.324 e. The lowest BCUT2D eigenvalue weighted by Crippen LogP contribution is -2.13. The van der Waals surface area contributed by atoms with Crippen LogP contribution in [0.4, 0.5) is 0 Å². The molecule has 1 atom stereocenters. The molecule has 0 radical (unpaired) electrons. The molecule has 3 aromatic rings.